The number of carbonyl (C=O) groups excluding carboxylic acids is 1. The number of aryl methyl sites for hydroxylation is 1. The Morgan fingerprint density at radius 1 is 1.32 bits per heavy atom. The summed E-state index contributed by atoms with van der Waals surface area (Å²) in [5.74, 6) is 0.366. The van der Waals surface area contributed by atoms with Crippen LogP contribution in [0.2, 0.25) is 0 Å². The van der Waals surface area contributed by atoms with Crippen LogP contribution in [0.1, 0.15) is 24.6 Å². The Bertz CT molecular complexity index is 532. The maximum absolute atomic E-state index is 12.6. The van der Waals surface area contributed by atoms with Crippen molar-refractivity contribution in [1.82, 2.24) is 9.88 Å². The Hall–Kier alpha value is -0.600. The van der Waals surface area contributed by atoms with Crippen molar-refractivity contribution in [2.24, 2.45) is 11.7 Å². The van der Waals surface area contributed by atoms with E-state index in [1.54, 1.807) is 11.3 Å². The number of anilines is 1. The second kappa shape index (κ2) is 10.5. The third-order valence-electron chi connectivity index (χ3n) is 4.81. The quantitative estimate of drug-likeness (QED) is 0.820. The molecular weight excluding hydrogens is 383 g/mol. The molecule has 0 spiro atoms. The first kappa shape index (κ1) is 22.4. The third-order valence-corrected chi connectivity index (χ3v) is 6.01. The van der Waals surface area contributed by atoms with Gasteiger partial charge >= 0.3 is 0 Å². The topological polar surface area (TPSA) is 71.7 Å². The Morgan fingerprint density at radius 2 is 1.96 bits per heavy atom. The average Bonchev–Trinajstić information content (AvgIpc) is 3.10. The fourth-order valence-electron chi connectivity index (χ4n) is 3.21. The van der Waals surface area contributed by atoms with E-state index in [2.05, 4.69) is 16.8 Å². The van der Waals surface area contributed by atoms with E-state index in [4.69, 9.17) is 10.5 Å². The van der Waals surface area contributed by atoms with Crippen molar-refractivity contribution < 1.29 is 9.53 Å². The number of nitrogens with two attached hydrogens (primary N) is 1. The second-order valence-electron chi connectivity index (χ2n) is 6.25. The number of piperazine rings is 1. The number of ether oxygens (including phenoxy) is 1. The van der Waals surface area contributed by atoms with Crippen LogP contribution in [-0.2, 0) is 16.0 Å². The zero-order valence-electron chi connectivity index (χ0n) is 14.6. The minimum atomic E-state index is -0.378. The molecule has 2 aliphatic heterocycles. The molecule has 1 aromatic rings. The van der Waals surface area contributed by atoms with Gasteiger partial charge in [-0.1, -0.05) is 6.92 Å². The smallest absolute Gasteiger partial charge is 0.239 e. The number of aromatic nitrogens is 1. The summed E-state index contributed by atoms with van der Waals surface area (Å²) in [7, 11) is 0. The molecule has 1 amide bonds. The molecule has 1 aromatic heterocycles. The number of nitrogens with zero attached hydrogens (tertiary/aromatic N) is 3. The van der Waals surface area contributed by atoms with Crippen LogP contribution in [0.15, 0.2) is 6.20 Å². The number of carbonyl (C=O) groups is 1. The van der Waals surface area contributed by atoms with Crippen LogP contribution in [-0.4, -0.2) is 61.2 Å². The molecule has 2 aliphatic rings. The van der Waals surface area contributed by atoms with Crippen molar-refractivity contribution in [3.05, 3.63) is 11.1 Å². The van der Waals surface area contributed by atoms with Gasteiger partial charge in [-0.25, -0.2) is 4.98 Å². The van der Waals surface area contributed by atoms with E-state index in [0.717, 1.165) is 63.8 Å². The highest BCUT2D eigenvalue weighted by Crippen LogP contribution is 2.24. The Morgan fingerprint density at radius 3 is 2.52 bits per heavy atom. The van der Waals surface area contributed by atoms with E-state index in [0.29, 0.717) is 0 Å². The van der Waals surface area contributed by atoms with Gasteiger partial charge in [0.15, 0.2) is 5.13 Å². The number of thiazole rings is 1. The van der Waals surface area contributed by atoms with Crippen LogP contribution >= 0.6 is 36.2 Å². The number of hydrogen-bond acceptors (Lipinski definition) is 6. The second-order valence-corrected chi connectivity index (χ2v) is 7.34. The summed E-state index contributed by atoms with van der Waals surface area (Å²) >= 11 is 1.75. The van der Waals surface area contributed by atoms with Crippen molar-refractivity contribution in [2.45, 2.75) is 32.2 Å². The van der Waals surface area contributed by atoms with Gasteiger partial charge in [-0.3, -0.25) is 4.79 Å². The van der Waals surface area contributed by atoms with Crippen molar-refractivity contribution in [3.8, 4) is 0 Å². The summed E-state index contributed by atoms with van der Waals surface area (Å²) in [6.45, 7) is 6.73. The molecule has 0 aliphatic carbocycles. The van der Waals surface area contributed by atoms with E-state index >= 15 is 0 Å². The number of rotatable bonds is 4. The fraction of sp³-hybridized carbons (Fsp3) is 0.750. The normalized spacial score (nSPS) is 19.8. The summed E-state index contributed by atoms with van der Waals surface area (Å²) in [5.41, 5.74) is 6.22. The van der Waals surface area contributed by atoms with E-state index in [1.807, 2.05) is 11.1 Å². The molecule has 2 N–H and O–H groups in total. The molecular formula is C16H28Cl2N4O2S. The van der Waals surface area contributed by atoms with Crippen LogP contribution in [0, 0.1) is 5.92 Å². The number of hydrogen-bond donors (Lipinski definition) is 1. The summed E-state index contributed by atoms with van der Waals surface area (Å²) in [6.07, 6.45) is 4.77. The molecule has 1 atom stereocenters. The van der Waals surface area contributed by atoms with Gasteiger partial charge in [0.2, 0.25) is 5.91 Å². The number of halogens is 2. The van der Waals surface area contributed by atoms with Gasteiger partial charge in [0.1, 0.15) is 0 Å². The minimum Gasteiger partial charge on any atom is -0.381 e. The van der Waals surface area contributed by atoms with Gasteiger partial charge in [-0.2, -0.15) is 0 Å². The lowest BCUT2D eigenvalue weighted by Crippen LogP contribution is -2.55. The maximum Gasteiger partial charge on any atom is 0.239 e. The molecule has 25 heavy (non-hydrogen) atoms. The standard InChI is InChI=1S/C16H26N4O2S.2ClH/c1-2-13-11-18-16(23-13)20-7-5-19(6-8-20)15(21)14(17)12-3-9-22-10-4-12;;/h11-12,14H,2-10,17H2,1H3;2*1H. The first-order chi connectivity index (χ1) is 11.2. The maximum atomic E-state index is 12.6. The highest BCUT2D eigenvalue weighted by Gasteiger charge is 2.31. The predicted octanol–water partition coefficient (Wildman–Crippen LogP) is 1.95. The summed E-state index contributed by atoms with van der Waals surface area (Å²) in [6, 6.07) is -0.378. The monoisotopic (exact) mass is 410 g/mol. The molecule has 0 aromatic carbocycles. The SMILES string of the molecule is CCc1cnc(N2CCN(C(=O)C(N)C3CCOCC3)CC2)s1.Cl.Cl. The van der Waals surface area contributed by atoms with Crippen molar-refractivity contribution in [3.63, 3.8) is 0 Å². The van der Waals surface area contributed by atoms with E-state index < -0.39 is 0 Å². The zero-order chi connectivity index (χ0) is 16.2. The first-order valence-corrected chi connectivity index (χ1v) is 9.32. The summed E-state index contributed by atoms with van der Waals surface area (Å²) in [4.78, 5) is 22.6. The van der Waals surface area contributed by atoms with E-state index in [9.17, 15) is 4.79 Å². The molecule has 0 bridgehead atoms. The molecule has 3 rings (SSSR count). The molecule has 2 fully saturated rings. The zero-order valence-corrected chi connectivity index (χ0v) is 17.0. The molecule has 0 saturated carbocycles. The molecule has 3 heterocycles. The molecule has 6 nitrogen and oxygen atoms in total. The van der Waals surface area contributed by atoms with Crippen molar-refractivity contribution in [1.29, 1.82) is 0 Å². The highest BCUT2D eigenvalue weighted by atomic mass is 35.5. The van der Waals surface area contributed by atoms with Crippen LogP contribution in [0.5, 0.6) is 0 Å². The largest absolute Gasteiger partial charge is 0.381 e. The summed E-state index contributed by atoms with van der Waals surface area (Å²) < 4.78 is 5.36. The van der Waals surface area contributed by atoms with E-state index in [1.165, 1.54) is 4.88 Å². The van der Waals surface area contributed by atoms with Crippen molar-refractivity contribution >= 4 is 47.2 Å². The molecule has 9 heteroatoms. The lowest BCUT2D eigenvalue weighted by molar-refractivity contribution is -0.135. The van der Waals surface area contributed by atoms with Gasteiger partial charge in [0.25, 0.3) is 0 Å². The van der Waals surface area contributed by atoms with Crippen LogP contribution in [0.4, 0.5) is 5.13 Å². The fourth-order valence-corrected chi connectivity index (χ4v) is 4.11. The van der Waals surface area contributed by atoms with E-state index in [-0.39, 0.29) is 42.7 Å². The predicted molar refractivity (Wildman–Crippen MR) is 106 cm³/mol. The van der Waals surface area contributed by atoms with Gasteiger partial charge in [-0.15, -0.1) is 36.2 Å². The number of amides is 1. The van der Waals surface area contributed by atoms with Crippen LogP contribution < -0.4 is 10.6 Å². The van der Waals surface area contributed by atoms with Gasteiger partial charge < -0.3 is 20.3 Å². The molecule has 144 valence electrons. The summed E-state index contributed by atoms with van der Waals surface area (Å²) in [5, 5.41) is 1.07. The lowest BCUT2D eigenvalue weighted by atomic mass is 9.91. The van der Waals surface area contributed by atoms with Crippen LogP contribution in [0.3, 0.4) is 0 Å². The Labute approximate surface area is 165 Å². The average molecular weight is 411 g/mol. The van der Waals surface area contributed by atoms with Crippen LogP contribution in [0.25, 0.3) is 0 Å². The van der Waals surface area contributed by atoms with Crippen molar-refractivity contribution in [2.75, 3.05) is 44.3 Å². The Balaban J connectivity index is 0.00000156. The van der Waals surface area contributed by atoms with Gasteiger partial charge in [-0.05, 0) is 25.2 Å². The first-order valence-electron chi connectivity index (χ1n) is 8.50. The molecule has 1 unspecified atom stereocenters. The lowest BCUT2D eigenvalue weighted by Gasteiger charge is -2.37. The molecule has 0 radical (unpaired) electrons. The minimum absolute atomic E-state index is 0. The third kappa shape index (κ3) is 5.44. The van der Waals surface area contributed by atoms with Gasteiger partial charge in [0.05, 0.1) is 6.04 Å². The Kier molecular flexibility index (Phi) is 9.45. The molecule has 2 saturated heterocycles. The van der Waals surface area contributed by atoms with Gasteiger partial charge in [0, 0.05) is 50.5 Å². The highest BCUT2D eigenvalue weighted by molar-refractivity contribution is 7.15.